The molecule has 1 fully saturated rings. The number of benzene rings is 1. The Bertz CT molecular complexity index is 695. The number of aromatic nitrogens is 1. The quantitative estimate of drug-likeness (QED) is 0.803. The van der Waals surface area contributed by atoms with E-state index in [9.17, 15) is 4.79 Å². The van der Waals surface area contributed by atoms with Crippen LogP contribution in [0, 0.1) is 0 Å². The predicted molar refractivity (Wildman–Crippen MR) is 93.0 cm³/mol. The molecule has 126 valence electrons. The zero-order valence-corrected chi connectivity index (χ0v) is 13.9. The van der Waals surface area contributed by atoms with Crippen LogP contribution in [0.2, 0.25) is 0 Å². The molecule has 0 radical (unpaired) electrons. The summed E-state index contributed by atoms with van der Waals surface area (Å²) in [7, 11) is 3.06. The number of carbonyl (C=O) groups excluding carboxylic acids is 1. The van der Waals surface area contributed by atoms with Crippen molar-refractivity contribution in [2.45, 2.75) is 0 Å². The van der Waals surface area contributed by atoms with Crippen molar-refractivity contribution in [2.24, 2.45) is 0 Å². The number of piperazine rings is 1. The van der Waals surface area contributed by atoms with Crippen LogP contribution < -0.4 is 14.5 Å². The van der Waals surface area contributed by atoms with Crippen LogP contribution in [-0.4, -0.2) is 51.4 Å². The second kappa shape index (κ2) is 7.21. The van der Waals surface area contributed by atoms with Gasteiger partial charge in [0.15, 0.2) is 0 Å². The minimum Gasteiger partial charge on any atom is -0.495 e. The van der Waals surface area contributed by atoms with Gasteiger partial charge in [0.2, 0.25) is 0 Å². The fraction of sp³-hybridized carbons (Fsp3) is 0.333. The molecule has 1 saturated heterocycles. The van der Waals surface area contributed by atoms with Crippen molar-refractivity contribution in [3.05, 3.63) is 48.2 Å². The van der Waals surface area contributed by atoms with Gasteiger partial charge in [-0.2, -0.15) is 0 Å². The van der Waals surface area contributed by atoms with Crippen molar-refractivity contribution in [2.75, 3.05) is 50.2 Å². The van der Waals surface area contributed by atoms with E-state index in [0.29, 0.717) is 5.56 Å². The molecule has 0 unspecified atom stereocenters. The largest absolute Gasteiger partial charge is 0.495 e. The standard InChI is InChI=1S/C18H21N3O3/c1-23-16-6-4-3-5-15(16)20-9-11-21(12-10-20)17-8-7-14(13-19-17)18(22)24-2/h3-8,13H,9-12H2,1-2H3. The first kappa shape index (κ1) is 16.1. The number of para-hydroxylation sites is 2. The fourth-order valence-corrected chi connectivity index (χ4v) is 2.88. The summed E-state index contributed by atoms with van der Waals surface area (Å²) in [6, 6.07) is 11.7. The summed E-state index contributed by atoms with van der Waals surface area (Å²) in [4.78, 5) is 20.4. The molecule has 1 aromatic heterocycles. The van der Waals surface area contributed by atoms with E-state index in [1.54, 1.807) is 19.4 Å². The number of rotatable bonds is 4. The maximum absolute atomic E-state index is 11.5. The summed E-state index contributed by atoms with van der Waals surface area (Å²) in [6.45, 7) is 3.51. The number of methoxy groups -OCH3 is 2. The number of hydrogen-bond donors (Lipinski definition) is 0. The van der Waals surface area contributed by atoms with Gasteiger partial charge in [-0.25, -0.2) is 9.78 Å². The van der Waals surface area contributed by atoms with Crippen LogP contribution in [0.15, 0.2) is 42.6 Å². The van der Waals surface area contributed by atoms with Crippen LogP contribution >= 0.6 is 0 Å². The van der Waals surface area contributed by atoms with E-state index in [0.717, 1.165) is 43.4 Å². The molecule has 1 aliphatic rings. The first-order valence-electron chi connectivity index (χ1n) is 7.90. The molecule has 0 saturated carbocycles. The van der Waals surface area contributed by atoms with Crippen molar-refractivity contribution in [1.82, 2.24) is 4.98 Å². The Morgan fingerprint density at radius 3 is 2.33 bits per heavy atom. The average Bonchev–Trinajstić information content (AvgIpc) is 2.67. The minimum atomic E-state index is -0.366. The predicted octanol–water partition coefficient (Wildman–Crippen LogP) is 2.20. The number of carbonyl (C=O) groups is 1. The summed E-state index contributed by atoms with van der Waals surface area (Å²) >= 11 is 0. The van der Waals surface area contributed by atoms with Gasteiger partial charge in [0.25, 0.3) is 0 Å². The first-order valence-corrected chi connectivity index (χ1v) is 7.90. The van der Waals surface area contributed by atoms with Crippen LogP contribution in [0.1, 0.15) is 10.4 Å². The smallest absolute Gasteiger partial charge is 0.339 e. The van der Waals surface area contributed by atoms with Crippen LogP contribution in [0.25, 0.3) is 0 Å². The molecule has 3 rings (SSSR count). The molecule has 0 aliphatic carbocycles. The summed E-state index contributed by atoms with van der Waals surface area (Å²) in [5.41, 5.74) is 1.59. The van der Waals surface area contributed by atoms with Crippen molar-refractivity contribution < 1.29 is 14.3 Å². The third-order valence-corrected chi connectivity index (χ3v) is 4.20. The van der Waals surface area contributed by atoms with Gasteiger partial charge in [0.05, 0.1) is 25.5 Å². The van der Waals surface area contributed by atoms with Gasteiger partial charge >= 0.3 is 5.97 Å². The molecule has 1 aliphatic heterocycles. The van der Waals surface area contributed by atoms with E-state index in [1.165, 1.54) is 7.11 Å². The second-order valence-electron chi connectivity index (χ2n) is 5.54. The van der Waals surface area contributed by atoms with Gasteiger partial charge in [-0.05, 0) is 24.3 Å². The molecule has 2 heterocycles. The average molecular weight is 327 g/mol. The molecule has 6 nitrogen and oxygen atoms in total. The Morgan fingerprint density at radius 2 is 1.71 bits per heavy atom. The Labute approximate surface area is 141 Å². The molecule has 0 amide bonds. The summed E-state index contributed by atoms with van der Waals surface area (Å²) in [6.07, 6.45) is 1.56. The fourth-order valence-electron chi connectivity index (χ4n) is 2.88. The number of anilines is 2. The molecule has 0 N–H and O–H groups in total. The Morgan fingerprint density at radius 1 is 1.00 bits per heavy atom. The van der Waals surface area contributed by atoms with Crippen LogP contribution in [0.3, 0.4) is 0 Å². The van der Waals surface area contributed by atoms with Gasteiger partial charge < -0.3 is 19.3 Å². The highest BCUT2D eigenvalue weighted by Gasteiger charge is 2.20. The third kappa shape index (κ3) is 3.27. The highest BCUT2D eigenvalue weighted by Crippen LogP contribution is 2.28. The molecule has 6 heteroatoms. The van der Waals surface area contributed by atoms with E-state index in [1.807, 2.05) is 24.3 Å². The van der Waals surface area contributed by atoms with Crippen LogP contribution in [-0.2, 0) is 4.74 Å². The van der Waals surface area contributed by atoms with Gasteiger partial charge in [0.1, 0.15) is 11.6 Å². The normalized spacial score (nSPS) is 14.4. The molecule has 0 atom stereocenters. The highest BCUT2D eigenvalue weighted by molar-refractivity contribution is 5.89. The van der Waals surface area contributed by atoms with Crippen molar-refractivity contribution in [3.8, 4) is 5.75 Å². The van der Waals surface area contributed by atoms with Crippen LogP contribution in [0.4, 0.5) is 11.5 Å². The molecular weight excluding hydrogens is 306 g/mol. The maximum atomic E-state index is 11.5. The molecule has 0 bridgehead atoms. The zero-order valence-electron chi connectivity index (χ0n) is 13.9. The zero-order chi connectivity index (χ0) is 16.9. The molecule has 0 spiro atoms. The number of pyridine rings is 1. The number of esters is 1. The highest BCUT2D eigenvalue weighted by atomic mass is 16.5. The topological polar surface area (TPSA) is 54.9 Å². The van der Waals surface area contributed by atoms with Gasteiger partial charge in [0, 0.05) is 32.4 Å². The maximum Gasteiger partial charge on any atom is 0.339 e. The summed E-state index contributed by atoms with van der Waals surface area (Å²) in [5.74, 6) is 1.41. The molecule has 1 aromatic carbocycles. The lowest BCUT2D eigenvalue weighted by atomic mass is 10.2. The monoisotopic (exact) mass is 327 g/mol. The second-order valence-corrected chi connectivity index (χ2v) is 5.54. The number of ether oxygens (including phenoxy) is 2. The van der Waals surface area contributed by atoms with E-state index in [-0.39, 0.29) is 5.97 Å². The number of nitrogens with zero attached hydrogens (tertiary/aromatic N) is 3. The first-order chi connectivity index (χ1) is 11.7. The van der Waals surface area contributed by atoms with Crippen molar-refractivity contribution in [1.29, 1.82) is 0 Å². The van der Waals surface area contributed by atoms with Crippen LogP contribution in [0.5, 0.6) is 5.75 Å². The SMILES string of the molecule is COC(=O)c1ccc(N2CCN(c3ccccc3OC)CC2)nc1. The molecule has 2 aromatic rings. The summed E-state index contributed by atoms with van der Waals surface area (Å²) < 4.78 is 10.1. The Hall–Kier alpha value is -2.76. The number of hydrogen-bond acceptors (Lipinski definition) is 6. The van der Waals surface area contributed by atoms with Crippen molar-refractivity contribution in [3.63, 3.8) is 0 Å². The summed E-state index contributed by atoms with van der Waals surface area (Å²) in [5, 5.41) is 0. The lowest BCUT2D eigenvalue weighted by Gasteiger charge is -2.37. The van der Waals surface area contributed by atoms with Gasteiger partial charge in [-0.15, -0.1) is 0 Å². The molecular formula is C18H21N3O3. The van der Waals surface area contributed by atoms with Crippen molar-refractivity contribution >= 4 is 17.5 Å². The van der Waals surface area contributed by atoms with E-state index in [2.05, 4.69) is 20.9 Å². The van der Waals surface area contributed by atoms with Gasteiger partial charge in [-0.3, -0.25) is 0 Å². The Balaban J connectivity index is 1.65. The lowest BCUT2D eigenvalue weighted by Crippen LogP contribution is -2.46. The van der Waals surface area contributed by atoms with E-state index >= 15 is 0 Å². The van der Waals surface area contributed by atoms with E-state index in [4.69, 9.17) is 9.47 Å². The third-order valence-electron chi connectivity index (χ3n) is 4.20. The molecule has 24 heavy (non-hydrogen) atoms. The van der Waals surface area contributed by atoms with E-state index < -0.39 is 0 Å². The minimum absolute atomic E-state index is 0.366. The Kier molecular flexibility index (Phi) is 4.84. The lowest BCUT2D eigenvalue weighted by molar-refractivity contribution is 0.0600. The van der Waals surface area contributed by atoms with Gasteiger partial charge in [-0.1, -0.05) is 12.1 Å².